The molecule has 0 aliphatic carbocycles. The molecule has 0 bridgehead atoms. The third kappa shape index (κ3) is 21.7. The standard InChI is InChI=1S/2C4H11O4P.2Li/c2*1-3-7-9(5,6)8-4-2;;/h2*3-4H2,1-2H3,(H,5,6);;/q;;2*+1/p-2. The zero-order valence-electron chi connectivity index (χ0n) is 13.0. The summed E-state index contributed by atoms with van der Waals surface area (Å²) in [5.41, 5.74) is 0. The van der Waals surface area contributed by atoms with E-state index in [4.69, 9.17) is 0 Å². The maximum Gasteiger partial charge on any atom is 1.00 e. The number of hydrogen-bond donors (Lipinski definition) is 0. The molecule has 112 valence electrons. The average molecular weight is 320 g/mol. The number of rotatable bonds is 8. The van der Waals surface area contributed by atoms with Gasteiger partial charge in [0, 0.05) is 0 Å². The van der Waals surface area contributed by atoms with Crippen LogP contribution in [0.25, 0.3) is 0 Å². The quantitative estimate of drug-likeness (QED) is 0.322. The molecule has 0 radical (unpaired) electrons. The Hall–Kier alpha value is 1.41. The first kappa shape index (κ1) is 29.4. The first-order valence-corrected chi connectivity index (χ1v) is 8.36. The average Bonchev–Trinajstić information content (AvgIpc) is 2.17. The van der Waals surface area contributed by atoms with Crippen molar-refractivity contribution in [2.24, 2.45) is 0 Å². The van der Waals surface area contributed by atoms with E-state index in [0.29, 0.717) is 0 Å². The molecule has 0 N–H and O–H groups in total. The Balaban J connectivity index is -0.000000116. The number of phosphoric ester groups is 2. The van der Waals surface area contributed by atoms with Gasteiger partial charge < -0.3 is 27.9 Å². The normalized spacial score (nSPS) is 10.7. The molecular weight excluding hydrogens is 300 g/mol. The third-order valence-electron chi connectivity index (χ3n) is 1.15. The van der Waals surface area contributed by atoms with Crippen LogP contribution in [0.5, 0.6) is 0 Å². The second-order valence-corrected chi connectivity index (χ2v) is 5.39. The molecule has 12 heteroatoms. The topological polar surface area (TPSA) is 117 Å². The van der Waals surface area contributed by atoms with Gasteiger partial charge in [0.05, 0.1) is 26.4 Å². The SMILES string of the molecule is CCOP(=O)([O-])OCC.CCOP(=O)([O-])OCC.[Li+].[Li+]. The minimum absolute atomic E-state index is 0. The summed E-state index contributed by atoms with van der Waals surface area (Å²) in [7, 11) is -7.89. The third-order valence-corrected chi connectivity index (χ3v) is 3.45. The molecule has 0 aromatic carbocycles. The monoisotopic (exact) mass is 320 g/mol. The van der Waals surface area contributed by atoms with Crippen LogP contribution < -0.4 is 47.5 Å². The molecular formula is C8H20Li2O8P2. The maximum atomic E-state index is 10.4. The Kier molecular flexibility index (Phi) is 24.7. The van der Waals surface area contributed by atoms with Gasteiger partial charge in [0.25, 0.3) is 15.6 Å². The van der Waals surface area contributed by atoms with E-state index in [1.165, 1.54) is 0 Å². The first-order valence-electron chi connectivity index (χ1n) is 5.44. The zero-order valence-corrected chi connectivity index (χ0v) is 14.8. The van der Waals surface area contributed by atoms with Gasteiger partial charge in [-0.15, -0.1) is 0 Å². The smallest absolute Gasteiger partial charge is 0.756 e. The molecule has 20 heavy (non-hydrogen) atoms. The van der Waals surface area contributed by atoms with Gasteiger partial charge in [-0.3, -0.25) is 9.13 Å². The van der Waals surface area contributed by atoms with Crippen LogP contribution in [0, 0.1) is 0 Å². The molecule has 0 unspecified atom stereocenters. The first-order chi connectivity index (χ1) is 8.24. The van der Waals surface area contributed by atoms with Gasteiger partial charge in [-0.05, 0) is 27.7 Å². The fraction of sp³-hybridized carbons (Fsp3) is 1.00. The van der Waals surface area contributed by atoms with Gasteiger partial charge in [0.2, 0.25) is 0 Å². The van der Waals surface area contributed by atoms with Crippen molar-refractivity contribution in [3.8, 4) is 0 Å². The van der Waals surface area contributed by atoms with Crippen LogP contribution in [-0.2, 0) is 27.2 Å². The fourth-order valence-electron chi connectivity index (χ4n) is 0.707. The summed E-state index contributed by atoms with van der Waals surface area (Å²) in [4.78, 5) is 20.8. The molecule has 0 aliphatic heterocycles. The minimum atomic E-state index is -3.94. The molecule has 0 amide bonds. The molecule has 0 fully saturated rings. The van der Waals surface area contributed by atoms with E-state index in [1.807, 2.05) is 0 Å². The van der Waals surface area contributed by atoms with Crippen molar-refractivity contribution in [3.63, 3.8) is 0 Å². The van der Waals surface area contributed by atoms with Crippen molar-refractivity contribution in [2.45, 2.75) is 27.7 Å². The summed E-state index contributed by atoms with van der Waals surface area (Å²) in [5, 5.41) is 0. The van der Waals surface area contributed by atoms with Crippen LogP contribution in [-0.4, -0.2) is 26.4 Å². The summed E-state index contributed by atoms with van der Waals surface area (Å²) in [5.74, 6) is 0. The largest absolute Gasteiger partial charge is 1.00 e. The molecule has 0 atom stereocenters. The van der Waals surface area contributed by atoms with Crippen LogP contribution in [0.3, 0.4) is 0 Å². The zero-order chi connectivity index (χ0) is 14.7. The maximum absolute atomic E-state index is 10.4. The van der Waals surface area contributed by atoms with Crippen molar-refractivity contribution in [1.82, 2.24) is 0 Å². The predicted octanol–water partition coefficient (Wildman–Crippen LogP) is -4.94. The van der Waals surface area contributed by atoms with E-state index in [-0.39, 0.29) is 64.1 Å². The Bertz CT molecular complexity index is 244. The molecule has 0 aliphatic rings. The van der Waals surface area contributed by atoms with Crippen LogP contribution in [0.15, 0.2) is 0 Å². The van der Waals surface area contributed by atoms with E-state index in [0.717, 1.165) is 0 Å². The van der Waals surface area contributed by atoms with E-state index >= 15 is 0 Å². The minimum Gasteiger partial charge on any atom is -0.756 e. The van der Waals surface area contributed by atoms with E-state index < -0.39 is 15.6 Å². The molecule has 0 rings (SSSR count). The molecule has 0 saturated heterocycles. The van der Waals surface area contributed by atoms with Crippen molar-refractivity contribution in [1.29, 1.82) is 0 Å². The molecule has 0 heterocycles. The van der Waals surface area contributed by atoms with Crippen LogP contribution in [0.4, 0.5) is 0 Å². The Morgan fingerprint density at radius 1 is 0.650 bits per heavy atom. The van der Waals surface area contributed by atoms with Gasteiger partial charge in [-0.2, -0.15) is 0 Å². The van der Waals surface area contributed by atoms with Crippen molar-refractivity contribution >= 4 is 15.6 Å². The summed E-state index contributed by atoms with van der Waals surface area (Å²) < 4.78 is 37.8. The van der Waals surface area contributed by atoms with Crippen molar-refractivity contribution in [2.75, 3.05) is 26.4 Å². The van der Waals surface area contributed by atoms with E-state index in [9.17, 15) is 18.9 Å². The Morgan fingerprint density at radius 3 is 0.900 bits per heavy atom. The van der Waals surface area contributed by atoms with E-state index in [2.05, 4.69) is 18.1 Å². The predicted molar refractivity (Wildman–Crippen MR) is 61.7 cm³/mol. The second kappa shape index (κ2) is 16.8. The molecule has 8 nitrogen and oxygen atoms in total. The van der Waals surface area contributed by atoms with Gasteiger partial charge in [-0.25, -0.2) is 0 Å². The number of hydrogen-bond acceptors (Lipinski definition) is 8. The summed E-state index contributed by atoms with van der Waals surface area (Å²) in [6.45, 7) is 6.85. The van der Waals surface area contributed by atoms with Crippen molar-refractivity contribution < 1.29 is 74.7 Å². The van der Waals surface area contributed by atoms with Crippen LogP contribution >= 0.6 is 15.6 Å². The Morgan fingerprint density at radius 2 is 0.800 bits per heavy atom. The van der Waals surface area contributed by atoms with Gasteiger partial charge in [0.1, 0.15) is 0 Å². The molecule has 0 saturated carbocycles. The summed E-state index contributed by atoms with van der Waals surface area (Å²) in [6, 6.07) is 0. The van der Waals surface area contributed by atoms with E-state index in [1.54, 1.807) is 27.7 Å². The molecule has 0 aromatic heterocycles. The van der Waals surface area contributed by atoms with Crippen molar-refractivity contribution in [3.05, 3.63) is 0 Å². The van der Waals surface area contributed by atoms with Gasteiger partial charge in [0.15, 0.2) is 0 Å². The summed E-state index contributed by atoms with van der Waals surface area (Å²) >= 11 is 0. The van der Waals surface area contributed by atoms with Crippen LogP contribution in [0.2, 0.25) is 0 Å². The molecule has 0 spiro atoms. The molecule has 0 aromatic rings. The van der Waals surface area contributed by atoms with Crippen LogP contribution in [0.1, 0.15) is 27.7 Å². The van der Waals surface area contributed by atoms with Gasteiger partial charge in [-0.1, -0.05) is 0 Å². The van der Waals surface area contributed by atoms with Gasteiger partial charge >= 0.3 is 37.7 Å². The number of phosphoric acid groups is 2. The Labute approximate surface area is 144 Å². The fourth-order valence-corrected chi connectivity index (χ4v) is 2.12. The summed E-state index contributed by atoms with van der Waals surface area (Å²) in [6.07, 6.45) is 0. The second-order valence-electron chi connectivity index (χ2n) is 2.57.